The van der Waals surface area contributed by atoms with E-state index in [2.05, 4.69) is 34.9 Å². The van der Waals surface area contributed by atoms with Crippen molar-refractivity contribution < 1.29 is 24.2 Å². The number of aliphatic carboxylic acids is 1. The van der Waals surface area contributed by atoms with E-state index in [-0.39, 0.29) is 42.7 Å². The third kappa shape index (κ3) is 4.90. The van der Waals surface area contributed by atoms with Crippen LogP contribution in [0.4, 0.5) is 4.79 Å². The van der Waals surface area contributed by atoms with Crippen LogP contribution in [0.2, 0.25) is 0 Å². The quantitative estimate of drug-likeness (QED) is 0.522. The van der Waals surface area contributed by atoms with Gasteiger partial charge < -0.3 is 20.5 Å². The highest BCUT2D eigenvalue weighted by Gasteiger charge is 2.45. The molecule has 5 rings (SSSR count). The summed E-state index contributed by atoms with van der Waals surface area (Å²) in [4.78, 5) is 36.8. The number of fused-ring (bicyclic) bond motifs is 3. The summed E-state index contributed by atoms with van der Waals surface area (Å²) in [5.41, 5.74) is 3.99. The highest BCUT2D eigenvalue weighted by Crippen LogP contribution is 2.44. The Balaban J connectivity index is 1.14. The zero-order valence-electron chi connectivity index (χ0n) is 20.0. The Bertz CT molecular complexity index is 1100. The van der Waals surface area contributed by atoms with Crippen LogP contribution >= 0.6 is 0 Å². The van der Waals surface area contributed by atoms with E-state index >= 15 is 0 Å². The summed E-state index contributed by atoms with van der Waals surface area (Å²) < 4.78 is 5.65. The molecule has 0 heterocycles. The molecule has 2 amide bonds. The molecule has 3 unspecified atom stereocenters. The number of alkyl carbamates (subject to hydrolysis) is 1. The Morgan fingerprint density at radius 1 is 0.971 bits per heavy atom. The van der Waals surface area contributed by atoms with E-state index in [0.29, 0.717) is 19.3 Å². The smallest absolute Gasteiger partial charge is 0.407 e. The zero-order chi connectivity index (χ0) is 24.6. The van der Waals surface area contributed by atoms with E-state index in [1.807, 2.05) is 31.2 Å². The van der Waals surface area contributed by atoms with Gasteiger partial charge in [0.1, 0.15) is 6.61 Å². The molecule has 2 saturated carbocycles. The Morgan fingerprint density at radius 3 is 2.20 bits per heavy atom. The van der Waals surface area contributed by atoms with Crippen LogP contribution in [-0.4, -0.2) is 41.3 Å². The third-order valence-corrected chi connectivity index (χ3v) is 7.87. The van der Waals surface area contributed by atoms with Gasteiger partial charge in [0, 0.05) is 17.9 Å². The number of carbonyl (C=O) groups is 3. The van der Waals surface area contributed by atoms with Gasteiger partial charge in [0.25, 0.3) is 0 Å². The maximum Gasteiger partial charge on any atom is 0.407 e. The SMILES string of the molecule is CC(CC(=O)O)(NC(=O)C1CCC(NC(=O)OCC2c3ccccc3-c3ccccc32)C1)C1CC1. The van der Waals surface area contributed by atoms with Gasteiger partial charge in [0.15, 0.2) is 0 Å². The first-order valence-corrected chi connectivity index (χ1v) is 12.5. The average Bonchev–Trinajstić information content (AvgIpc) is 3.51. The lowest BCUT2D eigenvalue weighted by Gasteiger charge is -2.31. The van der Waals surface area contributed by atoms with E-state index < -0.39 is 17.6 Å². The zero-order valence-corrected chi connectivity index (χ0v) is 20.0. The van der Waals surface area contributed by atoms with Crippen LogP contribution in [0.5, 0.6) is 0 Å². The molecule has 184 valence electrons. The minimum absolute atomic E-state index is 0.00425. The molecule has 35 heavy (non-hydrogen) atoms. The number of amides is 2. The molecule has 0 aliphatic heterocycles. The van der Waals surface area contributed by atoms with Crippen molar-refractivity contribution in [3.63, 3.8) is 0 Å². The summed E-state index contributed by atoms with van der Waals surface area (Å²) in [5, 5.41) is 15.2. The van der Waals surface area contributed by atoms with E-state index in [1.165, 1.54) is 22.3 Å². The number of hydrogen-bond acceptors (Lipinski definition) is 4. The molecule has 3 N–H and O–H groups in total. The average molecular weight is 477 g/mol. The van der Waals surface area contributed by atoms with Crippen molar-refractivity contribution in [2.45, 2.75) is 62.9 Å². The lowest BCUT2D eigenvalue weighted by Crippen LogP contribution is -2.51. The van der Waals surface area contributed by atoms with Crippen molar-refractivity contribution in [1.82, 2.24) is 10.6 Å². The van der Waals surface area contributed by atoms with Crippen LogP contribution in [0.3, 0.4) is 0 Å². The van der Waals surface area contributed by atoms with Crippen molar-refractivity contribution in [1.29, 1.82) is 0 Å². The number of carboxylic acid groups (broad SMARTS) is 1. The lowest BCUT2D eigenvalue weighted by molar-refractivity contribution is -0.139. The molecule has 2 aromatic carbocycles. The molecule has 7 heteroatoms. The maximum absolute atomic E-state index is 12.9. The van der Waals surface area contributed by atoms with Crippen LogP contribution < -0.4 is 10.6 Å². The fourth-order valence-electron chi connectivity index (χ4n) is 5.87. The maximum atomic E-state index is 12.9. The molecular weight excluding hydrogens is 444 g/mol. The van der Waals surface area contributed by atoms with Gasteiger partial charge in [-0.2, -0.15) is 0 Å². The Labute approximate surface area is 205 Å². The molecule has 0 bridgehead atoms. The van der Waals surface area contributed by atoms with Crippen molar-refractivity contribution in [2.75, 3.05) is 6.61 Å². The molecular formula is C28H32N2O5. The summed E-state index contributed by atoms with van der Waals surface area (Å²) >= 11 is 0. The van der Waals surface area contributed by atoms with Crippen LogP contribution in [0, 0.1) is 11.8 Å². The molecule has 3 aliphatic carbocycles. The number of ether oxygens (including phenoxy) is 1. The highest BCUT2D eigenvalue weighted by atomic mass is 16.5. The van der Waals surface area contributed by atoms with Crippen molar-refractivity contribution >= 4 is 18.0 Å². The lowest BCUT2D eigenvalue weighted by atomic mass is 9.90. The predicted octanol–water partition coefficient (Wildman–Crippen LogP) is 4.45. The first-order valence-electron chi connectivity index (χ1n) is 12.5. The second-order valence-electron chi connectivity index (χ2n) is 10.4. The largest absolute Gasteiger partial charge is 0.481 e. The second kappa shape index (κ2) is 9.36. The molecule has 0 spiro atoms. The molecule has 0 saturated heterocycles. The number of nitrogens with one attached hydrogen (secondary N) is 2. The van der Waals surface area contributed by atoms with Gasteiger partial charge in [-0.1, -0.05) is 48.5 Å². The summed E-state index contributed by atoms with van der Waals surface area (Å²) in [5.74, 6) is -1.03. The number of carboxylic acids is 1. The van der Waals surface area contributed by atoms with Gasteiger partial charge in [0.05, 0.1) is 12.0 Å². The van der Waals surface area contributed by atoms with E-state index in [9.17, 15) is 19.5 Å². The molecule has 3 atom stereocenters. The van der Waals surface area contributed by atoms with Gasteiger partial charge in [-0.3, -0.25) is 9.59 Å². The third-order valence-electron chi connectivity index (χ3n) is 7.87. The van der Waals surface area contributed by atoms with Gasteiger partial charge in [-0.25, -0.2) is 4.79 Å². The summed E-state index contributed by atoms with van der Waals surface area (Å²) in [6.45, 7) is 2.09. The molecule has 7 nitrogen and oxygen atoms in total. The number of rotatable bonds is 8. The Hall–Kier alpha value is -3.35. The van der Waals surface area contributed by atoms with Crippen LogP contribution in [-0.2, 0) is 14.3 Å². The van der Waals surface area contributed by atoms with Gasteiger partial charge >= 0.3 is 12.1 Å². The first kappa shape index (κ1) is 23.4. The standard InChI is InChI=1S/C28H32N2O5/c1-28(15-25(31)32,18-11-12-18)30-26(33)17-10-13-19(14-17)29-27(34)35-16-24-22-8-4-2-6-20(22)21-7-3-5-9-23(21)24/h2-9,17-19,24H,10-16H2,1H3,(H,29,34)(H,30,33)(H,31,32). The normalized spacial score (nSPS) is 22.5. The van der Waals surface area contributed by atoms with Crippen molar-refractivity contribution in [3.05, 3.63) is 59.7 Å². The van der Waals surface area contributed by atoms with E-state index in [1.54, 1.807) is 0 Å². The second-order valence-corrected chi connectivity index (χ2v) is 10.4. The van der Waals surface area contributed by atoms with Crippen LogP contribution in [0.1, 0.15) is 62.5 Å². The van der Waals surface area contributed by atoms with Crippen molar-refractivity contribution in [2.24, 2.45) is 11.8 Å². The fraction of sp³-hybridized carbons (Fsp3) is 0.464. The number of hydrogen-bond donors (Lipinski definition) is 3. The Morgan fingerprint density at radius 2 is 1.60 bits per heavy atom. The van der Waals surface area contributed by atoms with Crippen LogP contribution in [0.15, 0.2) is 48.5 Å². The van der Waals surface area contributed by atoms with Gasteiger partial charge in [-0.15, -0.1) is 0 Å². The minimum Gasteiger partial charge on any atom is -0.481 e. The van der Waals surface area contributed by atoms with E-state index in [4.69, 9.17) is 4.74 Å². The monoisotopic (exact) mass is 476 g/mol. The van der Waals surface area contributed by atoms with Gasteiger partial charge in [-0.05, 0) is 67.2 Å². The number of carbonyl (C=O) groups excluding carboxylic acids is 2. The topological polar surface area (TPSA) is 105 Å². The molecule has 2 aromatic rings. The summed E-state index contributed by atoms with van der Waals surface area (Å²) in [6.07, 6.45) is 3.24. The molecule has 0 aromatic heterocycles. The summed E-state index contributed by atoms with van der Waals surface area (Å²) in [7, 11) is 0. The highest BCUT2D eigenvalue weighted by molar-refractivity contribution is 5.81. The summed E-state index contributed by atoms with van der Waals surface area (Å²) in [6, 6.07) is 16.3. The van der Waals surface area contributed by atoms with E-state index in [0.717, 1.165) is 12.8 Å². The van der Waals surface area contributed by atoms with Crippen LogP contribution in [0.25, 0.3) is 11.1 Å². The minimum atomic E-state index is -0.902. The molecule has 0 radical (unpaired) electrons. The Kier molecular flexibility index (Phi) is 6.26. The predicted molar refractivity (Wildman–Crippen MR) is 131 cm³/mol. The first-order chi connectivity index (χ1) is 16.8. The van der Waals surface area contributed by atoms with Gasteiger partial charge in [0.2, 0.25) is 5.91 Å². The molecule has 2 fully saturated rings. The van der Waals surface area contributed by atoms with Crippen molar-refractivity contribution in [3.8, 4) is 11.1 Å². The fourth-order valence-corrected chi connectivity index (χ4v) is 5.87. The number of benzene rings is 2. The molecule has 3 aliphatic rings.